The van der Waals surface area contributed by atoms with Crippen molar-refractivity contribution in [3.8, 4) is 0 Å². The summed E-state index contributed by atoms with van der Waals surface area (Å²) in [5, 5.41) is 5.34. The lowest BCUT2D eigenvalue weighted by Crippen LogP contribution is -2.37. The molecule has 0 aliphatic carbocycles. The maximum absolute atomic E-state index is 12.0. The van der Waals surface area contributed by atoms with Crippen LogP contribution in [0.2, 0.25) is 0 Å². The van der Waals surface area contributed by atoms with E-state index in [0.29, 0.717) is 19.5 Å². The zero-order valence-corrected chi connectivity index (χ0v) is 13.0. The fourth-order valence-corrected chi connectivity index (χ4v) is 2.49. The molecule has 0 saturated carbocycles. The van der Waals surface area contributed by atoms with Gasteiger partial charge in [0.15, 0.2) is 0 Å². The standard InChI is InChI=1S/C15H22N4O3/c1-3-8-19-14(21)12(17-15(19)22)10-13(20)16-7-6-11-5-4-9-18(11)2/h4-5,9,12H,3,6-8,10H2,1-2H3,(H,16,20)(H,17,22)/t12-/m0/s1. The second-order valence-electron chi connectivity index (χ2n) is 5.41. The number of carbonyl (C=O) groups is 3. The summed E-state index contributed by atoms with van der Waals surface area (Å²) in [6.45, 7) is 2.78. The first kappa shape index (κ1) is 16.1. The normalized spacial score (nSPS) is 17.7. The summed E-state index contributed by atoms with van der Waals surface area (Å²) in [6, 6.07) is 2.80. The molecule has 0 radical (unpaired) electrons. The Hall–Kier alpha value is -2.31. The predicted molar refractivity (Wildman–Crippen MR) is 81.1 cm³/mol. The van der Waals surface area contributed by atoms with Crippen molar-refractivity contribution in [3.05, 3.63) is 24.0 Å². The molecule has 7 nitrogen and oxygen atoms in total. The van der Waals surface area contributed by atoms with Crippen molar-refractivity contribution in [2.24, 2.45) is 7.05 Å². The predicted octanol–water partition coefficient (Wildman–Crippen LogP) is 0.404. The molecule has 1 aliphatic heterocycles. The van der Waals surface area contributed by atoms with Crippen molar-refractivity contribution in [3.63, 3.8) is 0 Å². The molecule has 0 aromatic carbocycles. The highest BCUT2D eigenvalue weighted by Gasteiger charge is 2.38. The average Bonchev–Trinajstić information content (AvgIpc) is 2.98. The number of amides is 4. The number of imide groups is 1. The summed E-state index contributed by atoms with van der Waals surface area (Å²) in [5.41, 5.74) is 1.12. The second kappa shape index (κ2) is 7.11. The molecular weight excluding hydrogens is 284 g/mol. The van der Waals surface area contributed by atoms with Crippen LogP contribution < -0.4 is 10.6 Å². The van der Waals surface area contributed by atoms with Gasteiger partial charge in [-0.3, -0.25) is 14.5 Å². The highest BCUT2D eigenvalue weighted by molar-refractivity contribution is 6.05. The van der Waals surface area contributed by atoms with Crippen molar-refractivity contribution >= 4 is 17.8 Å². The van der Waals surface area contributed by atoms with Crippen molar-refractivity contribution in [2.75, 3.05) is 13.1 Å². The number of urea groups is 1. The molecule has 22 heavy (non-hydrogen) atoms. The zero-order chi connectivity index (χ0) is 16.1. The molecule has 4 amide bonds. The topological polar surface area (TPSA) is 83.4 Å². The van der Waals surface area contributed by atoms with E-state index in [2.05, 4.69) is 10.6 Å². The first-order chi connectivity index (χ1) is 10.5. The van der Waals surface area contributed by atoms with E-state index < -0.39 is 12.1 Å². The molecule has 1 saturated heterocycles. The Morgan fingerprint density at radius 3 is 2.82 bits per heavy atom. The third-order valence-corrected chi connectivity index (χ3v) is 3.70. The van der Waals surface area contributed by atoms with Gasteiger partial charge in [-0.15, -0.1) is 0 Å². The van der Waals surface area contributed by atoms with Gasteiger partial charge in [-0.05, 0) is 18.6 Å². The van der Waals surface area contributed by atoms with Crippen molar-refractivity contribution in [1.82, 2.24) is 20.1 Å². The Bertz CT molecular complexity index is 567. The van der Waals surface area contributed by atoms with Gasteiger partial charge in [0.2, 0.25) is 5.91 Å². The van der Waals surface area contributed by atoms with Crippen LogP contribution in [0.25, 0.3) is 0 Å². The van der Waals surface area contributed by atoms with E-state index in [1.807, 2.05) is 36.9 Å². The van der Waals surface area contributed by atoms with Crippen LogP contribution in [0.3, 0.4) is 0 Å². The average molecular weight is 306 g/mol. The smallest absolute Gasteiger partial charge is 0.324 e. The SMILES string of the molecule is CCCN1C(=O)N[C@@H](CC(=O)NCCc2cccn2C)C1=O. The fourth-order valence-electron chi connectivity index (χ4n) is 2.49. The summed E-state index contributed by atoms with van der Waals surface area (Å²) in [4.78, 5) is 36.7. The largest absolute Gasteiger partial charge is 0.356 e. The maximum atomic E-state index is 12.0. The fraction of sp³-hybridized carbons (Fsp3) is 0.533. The van der Waals surface area contributed by atoms with Crippen LogP contribution in [0, 0.1) is 0 Å². The molecular formula is C15H22N4O3. The van der Waals surface area contributed by atoms with Crippen LogP contribution in [-0.2, 0) is 23.1 Å². The lowest BCUT2D eigenvalue weighted by atomic mass is 10.2. The lowest BCUT2D eigenvalue weighted by molar-refractivity contribution is -0.130. The van der Waals surface area contributed by atoms with Crippen LogP contribution in [0.5, 0.6) is 0 Å². The Labute approximate surface area is 129 Å². The summed E-state index contributed by atoms with van der Waals surface area (Å²) < 4.78 is 2.00. The van der Waals surface area contributed by atoms with Crippen LogP contribution in [0.4, 0.5) is 4.79 Å². The number of hydrogen-bond donors (Lipinski definition) is 2. The number of hydrogen-bond acceptors (Lipinski definition) is 3. The lowest BCUT2D eigenvalue weighted by Gasteiger charge is -2.11. The van der Waals surface area contributed by atoms with E-state index >= 15 is 0 Å². The molecule has 1 atom stereocenters. The van der Waals surface area contributed by atoms with Crippen LogP contribution in [0.1, 0.15) is 25.5 Å². The molecule has 7 heteroatoms. The zero-order valence-electron chi connectivity index (χ0n) is 13.0. The van der Waals surface area contributed by atoms with Gasteiger partial charge in [-0.25, -0.2) is 4.79 Å². The van der Waals surface area contributed by atoms with Gasteiger partial charge in [-0.2, -0.15) is 0 Å². The van der Waals surface area contributed by atoms with Gasteiger partial charge < -0.3 is 15.2 Å². The van der Waals surface area contributed by atoms with Crippen LogP contribution in [-0.4, -0.2) is 46.4 Å². The van der Waals surface area contributed by atoms with E-state index in [-0.39, 0.29) is 18.2 Å². The van der Waals surface area contributed by atoms with E-state index in [4.69, 9.17) is 0 Å². The quantitative estimate of drug-likeness (QED) is 0.716. The number of carbonyl (C=O) groups excluding carboxylic acids is 3. The van der Waals surface area contributed by atoms with E-state index in [1.165, 1.54) is 4.90 Å². The molecule has 0 spiro atoms. The highest BCUT2D eigenvalue weighted by Crippen LogP contribution is 2.10. The number of aromatic nitrogens is 1. The molecule has 120 valence electrons. The number of rotatable bonds is 7. The third kappa shape index (κ3) is 3.66. The minimum Gasteiger partial charge on any atom is -0.356 e. The molecule has 0 bridgehead atoms. The summed E-state index contributed by atoms with van der Waals surface area (Å²) >= 11 is 0. The number of nitrogens with zero attached hydrogens (tertiary/aromatic N) is 2. The third-order valence-electron chi connectivity index (χ3n) is 3.70. The van der Waals surface area contributed by atoms with Crippen molar-refractivity contribution < 1.29 is 14.4 Å². The first-order valence-corrected chi connectivity index (χ1v) is 7.51. The van der Waals surface area contributed by atoms with Crippen LogP contribution >= 0.6 is 0 Å². The Morgan fingerprint density at radius 2 is 2.18 bits per heavy atom. The van der Waals surface area contributed by atoms with Crippen LogP contribution in [0.15, 0.2) is 18.3 Å². The van der Waals surface area contributed by atoms with E-state index in [1.54, 1.807) is 0 Å². The van der Waals surface area contributed by atoms with E-state index in [9.17, 15) is 14.4 Å². The Balaban J connectivity index is 1.76. The minimum atomic E-state index is -0.742. The van der Waals surface area contributed by atoms with Gasteiger partial charge in [-0.1, -0.05) is 6.92 Å². The van der Waals surface area contributed by atoms with Crippen molar-refractivity contribution in [1.29, 1.82) is 0 Å². The molecule has 0 unspecified atom stereocenters. The summed E-state index contributed by atoms with van der Waals surface area (Å²) in [6.07, 6.45) is 3.36. The van der Waals surface area contributed by atoms with Gasteiger partial charge in [0.25, 0.3) is 5.91 Å². The highest BCUT2D eigenvalue weighted by atomic mass is 16.2. The maximum Gasteiger partial charge on any atom is 0.324 e. The van der Waals surface area contributed by atoms with Crippen molar-refractivity contribution in [2.45, 2.75) is 32.2 Å². The molecule has 2 heterocycles. The summed E-state index contributed by atoms with van der Waals surface area (Å²) in [7, 11) is 1.95. The summed E-state index contributed by atoms with van der Waals surface area (Å²) in [5.74, 6) is -0.546. The molecule has 1 aliphatic rings. The Kier molecular flexibility index (Phi) is 5.19. The first-order valence-electron chi connectivity index (χ1n) is 7.51. The Morgan fingerprint density at radius 1 is 1.41 bits per heavy atom. The molecule has 2 rings (SSSR count). The van der Waals surface area contributed by atoms with Gasteiger partial charge >= 0.3 is 6.03 Å². The molecule has 2 N–H and O–H groups in total. The van der Waals surface area contributed by atoms with Gasteiger partial charge in [0, 0.05) is 38.4 Å². The van der Waals surface area contributed by atoms with Gasteiger partial charge in [0.1, 0.15) is 6.04 Å². The monoisotopic (exact) mass is 306 g/mol. The van der Waals surface area contributed by atoms with Gasteiger partial charge in [0.05, 0.1) is 6.42 Å². The number of nitrogens with one attached hydrogen (secondary N) is 2. The van der Waals surface area contributed by atoms with E-state index in [0.717, 1.165) is 12.1 Å². The molecule has 1 aromatic heterocycles. The minimum absolute atomic E-state index is 0.0159. The molecule has 1 aromatic rings. The number of aryl methyl sites for hydroxylation is 1. The second-order valence-corrected chi connectivity index (χ2v) is 5.41. The molecule has 1 fully saturated rings.